The Morgan fingerprint density at radius 2 is 2.15 bits per heavy atom. The smallest absolute Gasteiger partial charge is 0.291 e. The summed E-state index contributed by atoms with van der Waals surface area (Å²) in [5, 5.41) is 9.29. The van der Waals surface area contributed by atoms with Crippen molar-refractivity contribution in [3.63, 3.8) is 0 Å². The summed E-state index contributed by atoms with van der Waals surface area (Å²) in [5.41, 5.74) is 2.01. The average Bonchev–Trinajstić information content (AvgIpc) is 3.26. The van der Waals surface area contributed by atoms with E-state index in [-0.39, 0.29) is 11.5 Å². The number of aromatic nitrogens is 4. The Morgan fingerprint density at radius 3 is 2.89 bits per heavy atom. The van der Waals surface area contributed by atoms with Gasteiger partial charge in [0.05, 0.1) is 22.5 Å². The number of fused-ring (bicyclic) bond motifs is 3. The molecular formula is C19H19N5O2S. The van der Waals surface area contributed by atoms with E-state index in [9.17, 15) is 9.59 Å². The van der Waals surface area contributed by atoms with E-state index in [0.29, 0.717) is 24.3 Å². The summed E-state index contributed by atoms with van der Waals surface area (Å²) >= 11 is 1.58. The Hall–Kier alpha value is -3.00. The van der Waals surface area contributed by atoms with Crippen molar-refractivity contribution in [2.45, 2.75) is 32.9 Å². The SMILES string of the molecule is CCC(C(=O)NCc1ccccn1)n1nc(C)n2c(cc3sccc32)c1=O. The highest BCUT2D eigenvalue weighted by atomic mass is 32.1. The Bertz CT molecular complexity index is 1180. The monoisotopic (exact) mass is 381 g/mol. The number of hydrogen-bond acceptors (Lipinski definition) is 5. The molecule has 0 spiro atoms. The maximum atomic E-state index is 13.0. The summed E-state index contributed by atoms with van der Waals surface area (Å²) in [4.78, 5) is 29.9. The van der Waals surface area contributed by atoms with Crippen molar-refractivity contribution >= 4 is 33.0 Å². The number of amides is 1. The summed E-state index contributed by atoms with van der Waals surface area (Å²) in [6.07, 6.45) is 2.14. The molecule has 4 aromatic heterocycles. The number of hydrogen-bond donors (Lipinski definition) is 1. The molecule has 1 N–H and O–H groups in total. The van der Waals surface area contributed by atoms with Crippen molar-refractivity contribution in [3.05, 3.63) is 63.8 Å². The van der Waals surface area contributed by atoms with Crippen molar-refractivity contribution < 1.29 is 4.79 Å². The Morgan fingerprint density at radius 1 is 1.30 bits per heavy atom. The van der Waals surface area contributed by atoms with Crippen LogP contribution in [-0.4, -0.2) is 25.1 Å². The Kier molecular flexibility index (Phi) is 4.49. The van der Waals surface area contributed by atoms with Gasteiger partial charge in [0.15, 0.2) is 0 Å². The fraction of sp³-hybridized carbons (Fsp3) is 0.263. The molecule has 1 unspecified atom stereocenters. The van der Waals surface area contributed by atoms with E-state index in [4.69, 9.17) is 0 Å². The highest BCUT2D eigenvalue weighted by Gasteiger charge is 2.23. The second kappa shape index (κ2) is 6.96. The number of aryl methyl sites for hydroxylation is 1. The van der Waals surface area contributed by atoms with E-state index in [1.807, 2.05) is 54.0 Å². The third-order valence-corrected chi connectivity index (χ3v) is 5.43. The van der Waals surface area contributed by atoms with Gasteiger partial charge in [-0.2, -0.15) is 5.10 Å². The van der Waals surface area contributed by atoms with Gasteiger partial charge in [0.2, 0.25) is 5.91 Å². The minimum Gasteiger partial charge on any atom is -0.349 e. The largest absolute Gasteiger partial charge is 0.349 e. The molecule has 27 heavy (non-hydrogen) atoms. The predicted molar refractivity (Wildman–Crippen MR) is 105 cm³/mol. The first-order chi connectivity index (χ1) is 13.1. The number of nitrogens with one attached hydrogen (secondary N) is 1. The van der Waals surface area contributed by atoms with Gasteiger partial charge < -0.3 is 5.32 Å². The molecular weight excluding hydrogens is 362 g/mol. The van der Waals surface area contributed by atoms with E-state index in [0.717, 1.165) is 15.9 Å². The van der Waals surface area contributed by atoms with Gasteiger partial charge in [-0.3, -0.25) is 19.0 Å². The van der Waals surface area contributed by atoms with Crippen LogP contribution in [0.2, 0.25) is 0 Å². The number of pyridine rings is 1. The summed E-state index contributed by atoms with van der Waals surface area (Å²) in [6.45, 7) is 4.03. The van der Waals surface area contributed by atoms with Gasteiger partial charge in [0, 0.05) is 6.20 Å². The van der Waals surface area contributed by atoms with Crippen molar-refractivity contribution in [1.82, 2.24) is 24.5 Å². The molecule has 0 bridgehead atoms. The van der Waals surface area contributed by atoms with Crippen LogP contribution in [0, 0.1) is 6.92 Å². The standard InChI is InChI=1S/C19H19N5O2S/c1-3-14(18(25)21-11-13-6-4-5-8-20-13)24-19(26)16-10-17-15(7-9-27-17)23(16)12(2)22-24/h4-10,14H,3,11H2,1-2H3,(H,21,25). The fourth-order valence-electron chi connectivity index (χ4n) is 3.27. The number of carbonyl (C=O) groups is 1. The molecule has 1 atom stereocenters. The first-order valence-electron chi connectivity index (χ1n) is 8.76. The van der Waals surface area contributed by atoms with Crippen LogP contribution >= 0.6 is 11.3 Å². The molecule has 0 fully saturated rings. The molecule has 0 saturated carbocycles. The van der Waals surface area contributed by atoms with Crippen LogP contribution < -0.4 is 10.9 Å². The Labute approximate surface area is 159 Å². The molecule has 138 valence electrons. The zero-order valence-electron chi connectivity index (χ0n) is 15.0. The quantitative estimate of drug-likeness (QED) is 0.576. The topological polar surface area (TPSA) is 81.3 Å². The first kappa shape index (κ1) is 17.4. The molecule has 0 aliphatic carbocycles. The van der Waals surface area contributed by atoms with Crippen molar-refractivity contribution in [1.29, 1.82) is 0 Å². The van der Waals surface area contributed by atoms with Crippen molar-refractivity contribution in [2.24, 2.45) is 0 Å². The molecule has 8 heteroatoms. The number of carbonyl (C=O) groups excluding carboxylic acids is 1. The van der Waals surface area contributed by atoms with Crippen LogP contribution in [-0.2, 0) is 11.3 Å². The third-order valence-electron chi connectivity index (χ3n) is 4.58. The minimum atomic E-state index is -0.669. The second-order valence-electron chi connectivity index (χ2n) is 6.29. The maximum absolute atomic E-state index is 13.0. The molecule has 0 aliphatic rings. The van der Waals surface area contributed by atoms with E-state index in [1.165, 1.54) is 4.68 Å². The van der Waals surface area contributed by atoms with Crippen LogP contribution in [0.5, 0.6) is 0 Å². The zero-order valence-corrected chi connectivity index (χ0v) is 15.9. The Balaban J connectivity index is 1.69. The van der Waals surface area contributed by atoms with Crippen LogP contribution in [0.1, 0.15) is 30.9 Å². The molecule has 4 aromatic rings. The fourth-order valence-corrected chi connectivity index (χ4v) is 4.08. The predicted octanol–water partition coefficient (Wildman–Crippen LogP) is 2.68. The van der Waals surface area contributed by atoms with Gasteiger partial charge in [0.25, 0.3) is 5.56 Å². The molecule has 1 amide bonds. The van der Waals surface area contributed by atoms with E-state index in [2.05, 4.69) is 15.4 Å². The summed E-state index contributed by atoms with van der Waals surface area (Å²) < 4.78 is 4.19. The first-order valence-corrected chi connectivity index (χ1v) is 9.63. The van der Waals surface area contributed by atoms with Gasteiger partial charge >= 0.3 is 0 Å². The van der Waals surface area contributed by atoms with Crippen LogP contribution in [0.15, 0.2) is 46.7 Å². The normalized spacial score (nSPS) is 12.5. The lowest BCUT2D eigenvalue weighted by Gasteiger charge is -2.18. The second-order valence-corrected chi connectivity index (χ2v) is 7.24. The van der Waals surface area contributed by atoms with E-state index in [1.54, 1.807) is 17.5 Å². The lowest BCUT2D eigenvalue weighted by atomic mass is 10.2. The van der Waals surface area contributed by atoms with Gasteiger partial charge in [-0.25, -0.2) is 4.68 Å². The molecule has 0 aromatic carbocycles. The van der Waals surface area contributed by atoms with E-state index < -0.39 is 6.04 Å². The summed E-state index contributed by atoms with van der Waals surface area (Å²) in [6, 6.07) is 8.71. The lowest BCUT2D eigenvalue weighted by Crippen LogP contribution is -2.39. The van der Waals surface area contributed by atoms with Crippen LogP contribution in [0.25, 0.3) is 15.7 Å². The molecule has 7 nitrogen and oxygen atoms in total. The van der Waals surface area contributed by atoms with Crippen LogP contribution in [0.4, 0.5) is 0 Å². The molecule has 0 radical (unpaired) electrons. The molecule has 0 saturated heterocycles. The lowest BCUT2D eigenvalue weighted by molar-refractivity contribution is -0.125. The molecule has 4 rings (SSSR count). The highest BCUT2D eigenvalue weighted by Crippen LogP contribution is 2.24. The van der Waals surface area contributed by atoms with Gasteiger partial charge in [-0.15, -0.1) is 11.3 Å². The summed E-state index contributed by atoms with van der Waals surface area (Å²) in [7, 11) is 0. The van der Waals surface area contributed by atoms with Crippen LogP contribution in [0.3, 0.4) is 0 Å². The zero-order chi connectivity index (χ0) is 19.0. The van der Waals surface area contributed by atoms with Crippen molar-refractivity contribution in [2.75, 3.05) is 0 Å². The highest BCUT2D eigenvalue weighted by molar-refractivity contribution is 7.17. The minimum absolute atomic E-state index is 0.241. The van der Waals surface area contributed by atoms with Gasteiger partial charge in [-0.1, -0.05) is 13.0 Å². The number of thiophene rings is 1. The average molecular weight is 381 g/mol. The van der Waals surface area contributed by atoms with Crippen molar-refractivity contribution in [3.8, 4) is 0 Å². The maximum Gasteiger partial charge on any atom is 0.291 e. The number of nitrogens with zero attached hydrogens (tertiary/aromatic N) is 4. The number of rotatable bonds is 5. The van der Waals surface area contributed by atoms with E-state index >= 15 is 0 Å². The third kappa shape index (κ3) is 3.02. The van der Waals surface area contributed by atoms with Gasteiger partial charge in [0.1, 0.15) is 17.4 Å². The van der Waals surface area contributed by atoms with Gasteiger partial charge in [-0.05, 0) is 43.0 Å². The molecule has 4 heterocycles. The summed E-state index contributed by atoms with van der Waals surface area (Å²) in [5.74, 6) is 0.434. The molecule has 0 aliphatic heterocycles.